The van der Waals surface area contributed by atoms with E-state index in [1.807, 2.05) is 36.0 Å². The van der Waals surface area contributed by atoms with Crippen LogP contribution in [0.15, 0.2) is 24.3 Å². The molecule has 1 fully saturated rings. The van der Waals surface area contributed by atoms with Crippen molar-refractivity contribution in [2.45, 2.75) is 12.5 Å². The third-order valence-electron chi connectivity index (χ3n) is 3.00. The fourth-order valence-electron chi connectivity index (χ4n) is 2.02. The number of nitrogens with one attached hydrogen (secondary N) is 1. The lowest BCUT2D eigenvalue weighted by molar-refractivity contribution is 0.499. The summed E-state index contributed by atoms with van der Waals surface area (Å²) < 4.78 is 0. The zero-order chi connectivity index (χ0) is 11.4. The number of benzene rings is 1. The Kier molecular flexibility index (Phi) is 4.38. The molecule has 2 rings (SSSR count). The van der Waals surface area contributed by atoms with Gasteiger partial charge in [-0.05, 0) is 36.0 Å². The number of thioether (sulfide) groups is 1. The second-order valence-corrected chi connectivity index (χ2v) is 5.65. The van der Waals surface area contributed by atoms with E-state index in [-0.39, 0.29) is 0 Å². The highest BCUT2D eigenvalue weighted by molar-refractivity contribution is 7.99. The van der Waals surface area contributed by atoms with E-state index in [0.29, 0.717) is 18.5 Å². The van der Waals surface area contributed by atoms with Gasteiger partial charge in [-0.3, -0.25) is 0 Å². The fourth-order valence-corrected chi connectivity index (χ4v) is 3.55. The zero-order valence-electron chi connectivity index (χ0n) is 9.16. The van der Waals surface area contributed by atoms with Crippen LogP contribution in [0.2, 0.25) is 5.02 Å². The van der Waals surface area contributed by atoms with Crippen molar-refractivity contribution in [2.24, 2.45) is 11.7 Å². The average Bonchev–Trinajstić information content (AvgIpc) is 2.81. The molecule has 0 spiro atoms. The van der Waals surface area contributed by atoms with E-state index < -0.39 is 0 Å². The molecule has 1 heterocycles. The molecule has 88 valence electrons. The highest BCUT2D eigenvalue weighted by Gasteiger charge is 2.24. The molecule has 1 aliphatic heterocycles. The Morgan fingerprint density at radius 2 is 2.31 bits per heavy atom. The standard InChI is InChI=1S/C12H17ClN2S/c13-10-3-1-2-4-11(10)15-12(7-14)9-5-6-16-8-9/h1-4,9,12,15H,5-8,14H2. The molecule has 0 saturated carbocycles. The molecule has 2 unspecified atom stereocenters. The smallest absolute Gasteiger partial charge is 0.0637 e. The van der Waals surface area contributed by atoms with E-state index in [1.54, 1.807) is 0 Å². The van der Waals surface area contributed by atoms with Crippen LogP contribution >= 0.6 is 23.4 Å². The summed E-state index contributed by atoms with van der Waals surface area (Å²) in [5.41, 5.74) is 6.83. The van der Waals surface area contributed by atoms with Gasteiger partial charge in [0.25, 0.3) is 0 Å². The summed E-state index contributed by atoms with van der Waals surface area (Å²) in [7, 11) is 0. The van der Waals surface area contributed by atoms with Gasteiger partial charge in [-0.15, -0.1) is 0 Å². The fraction of sp³-hybridized carbons (Fsp3) is 0.500. The molecule has 1 aromatic carbocycles. The van der Waals surface area contributed by atoms with Gasteiger partial charge in [0.05, 0.1) is 10.7 Å². The van der Waals surface area contributed by atoms with Crippen molar-refractivity contribution in [3.63, 3.8) is 0 Å². The van der Waals surface area contributed by atoms with Crippen LogP contribution in [0.25, 0.3) is 0 Å². The van der Waals surface area contributed by atoms with E-state index >= 15 is 0 Å². The summed E-state index contributed by atoms with van der Waals surface area (Å²) in [4.78, 5) is 0. The average molecular weight is 257 g/mol. The molecule has 0 bridgehead atoms. The van der Waals surface area contributed by atoms with Crippen LogP contribution in [-0.2, 0) is 0 Å². The van der Waals surface area contributed by atoms with Crippen molar-refractivity contribution in [3.05, 3.63) is 29.3 Å². The summed E-state index contributed by atoms with van der Waals surface area (Å²) in [5.74, 6) is 3.14. The molecule has 0 amide bonds. The molecule has 0 radical (unpaired) electrons. The molecule has 3 N–H and O–H groups in total. The normalized spacial score (nSPS) is 22.0. The van der Waals surface area contributed by atoms with Crippen molar-refractivity contribution in [1.29, 1.82) is 0 Å². The van der Waals surface area contributed by atoms with E-state index in [4.69, 9.17) is 17.3 Å². The Morgan fingerprint density at radius 1 is 1.50 bits per heavy atom. The van der Waals surface area contributed by atoms with Gasteiger partial charge in [0.15, 0.2) is 0 Å². The van der Waals surface area contributed by atoms with Gasteiger partial charge in [-0.1, -0.05) is 23.7 Å². The number of hydrogen-bond acceptors (Lipinski definition) is 3. The second-order valence-electron chi connectivity index (χ2n) is 4.09. The lowest BCUT2D eigenvalue weighted by atomic mass is 9.99. The Hall–Kier alpha value is -0.380. The van der Waals surface area contributed by atoms with E-state index in [2.05, 4.69) is 5.32 Å². The molecule has 2 nitrogen and oxygen atoms in total. The van der Waals surface area contributed by atoms with Crippen molar-refractivity contribution in [1.82, 2.24) is 0 Å². The van der Waals surface area contributed by atoms with Crippen molar-refractivity contribution in [3.8, 4) is 0 Å². The van der Waals surface area contributed by atoms with E-state index in [0.717, 1.165) is 10.7 Å². The SMILES string of the molecule is NCC(Nc1ccccc1Cl)C1CCSC1. The van der Waals surface area contributed by atoms with Crippen LogP contribution in [0.1, 0.15) is 6.42 Å². The Morgan fingerprint density at radius 3 is 2.94 bits per heavy atom. The maximum atomic E-state index is 6.12. The summed E-state index contributed by atoms with van der Waals surface area (Å²) >= 11 is 8.14. The summed E-state index contributed by atoms with van der Waals surface area (Å²) in [6.07, 6.45) is 1.25. The van der Waals surface area contributed by atoms with Gasteiger partial charge in [0.1, 0.15) is 0 Å². The molecule has 0 aliphatic carbocycles. The first kappa shape index (κ1) is 12.1. The van der Waals surface area contributed by atoms with Crippen LogP contribution in [-0.4, -0.2) is 24.1 Å². The molecule has 1 aliphatic rings. The number of para-hydroxylation sites is 1. The lowest BCUT2D eigenvalue weighted by Crippen LogP contribution is -2.36. The summed E-state index contributed by atoms with van der Waals surface area (Å²) in [6, 6.07) is 8.19. The molecular weight excluding hydrogens is 240 g/mol. The molecule has 2 atom stereocenters. The lowest BCUT2D eigenvalue weighted by Gasteiger charge is -2.24. The van der Waals surface area contributed by atoms with Crippen molar-refractivity contribution in [2.75, 3.05) is 23.4 Å². The van der Waals surface area contributed by atoms with Crippen molar-refractivity contribution < 1.29 is 0 Å². The number of nitrogens with two attached hydrogens (primary N) is 1. The van der Waals surface area contributed by atoms with Crippen LogP contribution in [0.5, 0.6) is 0 Å². The minimum absolute atomic E-state index is 0.342. The van der Waals surface area contributed by atoms with Crippen LogP contribution in [0.3, 0.4) is 0 Å². The maximum Gasteiger partial charge on any atom is 0.0637 e. The van der Waals surface area contributed by atoms with Gasteiger partial charge < -0.3 is 11.1 Å². The van der Waals surface area contributed by atoms with Crippen molar-refractivity contribution >= 4 is 29.1 Å². The van der Waals surface area contributed by atoms with Gasteiger partial charge in [0.2, 0.25) is 0 Å². The Balaban J connectivity index is 2.03. The predicted octanol–water partition coefficient (Wildman–Crippen LogP) is 2.83. The highest BCUT2D eigenvalue weighted by Crippen LogP contribution is 2.29. The molecule has 0 aromatic heterocycles. The largest absolute Gasteiger partial charge is 0.380 e. The number of hydrogen-bond donors (Lipinski definition) is 2. The topological polar surface area (TPSA) is 38.0 Å². The maximum absolute atomic E-state index is 6.12. The molecular formula is C12H17ClN2S. The predicted molar refractivity (Wildman–Crippen MR) is 73.3 cm³/mol. The minimum Gasteiger partial charge on any atom is -0.380 e. The van der Waals surface area contributed by atoms with Gasteiger partial charge in [-0.2, -0.15) is 11.8 Å². The van der Waals surface area contributed by atoms with Crippen LogP contribution < -0.4 is 11.1 Å². The molecule has 1 aromatic rings. The zero-order valence-corrected chi connectivity index (χ0v) is 10.7. The molecule has 4 heteroatoms. The highest BCUT2D eigenvalue weighted by atomic mass is 35.5. The third kappa shape index (κ3) is 2.84. The van der Waals surface area contributed by atoms with E-state index in [9.17, 15) is 0 Å². The molecule has 1 saturated heterocycles. The summed E-state index contributed by atoms with van der Waals surface area (Å²) in [5, 5.41) is 4.24. The van der Waals surface area contributed by atoms with Gasteiger partial charge >= 0.3 is 0 Å². The van der Waals surface area contributed by atoms with Gasteiger partial charge in [0, 0.05) is 12.6 Å². The Labute approximate surface area is 106 Å². The quantitative estimate of drug-likeness (QED) is 0.870. The monoisotopic (exact) mass is 256 g/mol. The molecule has 16 heavy (non-hydrogen) atoms. The summed E-state index contributed by atoms with van der Waals surface area (Å²) in [6.45, 7) is 0.663. The van der Waals surface area contributed by atoms with E-state index in [1.165, 1.54) is 17.9 Å². The first-order chi connectivity index (χ1) is 7.81. The number of rotatable bonds is 4. The first-order valence-corrected chi connectivity index (χ1v) is 7.13. The van der Waals surface area contributed by atoms with Crippen LogP contribution in [0, 0.1) is 5.92 Å². The second kappa shape index (κ2) is 5.80. The first-order valence-electron chi connectivity index (χ1n) is 5.60. The Bertz CT molecular complexity index is 340. The third-order valence-corrected chi connectivity index (χ3v) is 4.52. The minimum atomic E-state index is 0.342. The number of anilines is 1. The number of halogens is 1. The van der Waals surface area contributed by atoms with Crippen LogP contribution in [0.4, 0.5) is 5.69 Å². The van der Waals surface area contributed by atoms with Gasteiger partial charge in [-0.25, -0.2) is 0 Å².